The molecule has 0 saturated heterocycles. The van der Waals surface area contributed by atoms with E-state index < -0.39 is 10.0 Å². The number of sulfonamides is 1. The highest BCUT2D eigenvalue weighted by molar-refractivity contribution is 7.98. The van der Waals surface area contributed by atoms with Gasteiger partial charge in [-0.2, -0.15) is 11.8 Å². The summed E-state index contributed by atoms with van der Waals surface area (Å²) in [5.41, 5.74) is 0.888. The molecule has 2 N–H and O–H groups in total. The quantitative estimate of drug-likeness (QED) is 0.512. The summed E-state index contributed by atoms with van der Waals surface area (Å²) in [4.78, 5) is 12.1. The van der Waals surface area contributed by atoms with E-state index in [2.05, 4.69) is 10.0 Å². The zero-order valence-corrected chi connectivity index (χ0v) is 16.7. The molecule has 0 saturated carbocycles. The molecule has 2 heterocycles. The molecule has 0 aliphatic carbocycles. The summed E-state index contributed by atoms with van der Waals surface area (Å²) in [6.45, 7) is 0.539. The summed E-state index contributed by atoms with van der Waals surface area (Å²) in [5, 5.41) is 4.55. The normalized spacial score (nSPS) is 11.3. The first kappa shape index (κ1) is 19.5. The van der Waals surface area contributed by atoms with E-state index in [-0.39, 0.29) is 10.1 Å². The van der Waals surface area contributed by atoms with Gasteiger partial charge in [-0.1, -0.05) is 6.07 Å². The van der Waals surface area contributed by atoms with E-state index in [0.717, 1.165) is 28.6 Å². The number of carbonyl (C=O) groups is 1. The van der Waals surface area contributed by atoms with E-state index in [1.54, 1.807) is 59.8 Å². The molecule has 27 heavy (non-hydrogen) atoms. The van der Waals surface area contributed by atoms with Crippen molar-refractivity contribution in [1.82, 2.24) is 5.32 Å². The van der Waals surface area contributed by atoms with E-state index in [4.69, 9.17) is 4.42 Å². The Kier molecular flexibility index (Phi) is 6.59. The molecule has 3 rings (SSSR count). The Balaban J connectivity index is 1.46. The number of thioether (sulfide) groups is 1. The summed E-state index contributed by atoms with van der Waals surface area (Å²) in [6.07, 6.45) is 1.64. The third-order valence-corrected chi connectivity index (χ3v) is 7.28. The van der Waals surface area contributed by atoms with E-state index in [9.17, 15) is 13.2 Å². The van der Waals surface area contributed by atoms with Crippen molar-refractivity contribution in [1.29, 1.82) is 0 Å². The van der Waals surface area contributed by atoms with Crippen LogP contribution in [0.5, 0.6) is 0 Å². The molecule has 0 bridgehead atoms. The van der Waals surface area contributed by atoms with E-state index >= 15 is 0 Å². The number of carbonyl (C=O) groups excluding carboxylic acids is 1. The number of anilines is 1. The first-order chi connectivity index (χ1) is 13.0. The molecule has 0 unspecified atom stereocenters. The number of benzene rings is 1. The second-order valence-electron chi connectivity index (χ2n) is 5.50. The predicted molar refractivity (Wildman–Crippen MR) is 109 cm³/mol. The summed E-state index contributed by atoms with van der Waals surface area (Å²) in [6, 6.07) is 13.3. The van der Waals surface area contributed by atoms with Crippen LogP contribution in [0.4, 0.5) is 5.69 Å². The maximum Gasteiger partial charge on any atom is 0.271 e. The number of hydrogen-bond donors (Lipinski definition) is 2. The van der Waals surface area contributed by atoms with Crippen LogP contribution in [-0.2, 0) is 15.8 Å². The fourth-order valence-electron chi connectivity index (χ4n) is 2.22. The lowest BCUT2D eigenvalue weighted by atomic mass is 10.2. The standard InChI is InChI=1S/C18H18N2O4S3/c21-18(19-9-12-25-13-16-3-1-10-24-16)14-5-7-15(8-6-14)20-27(22,23)17-4-2-11-26-17/h1-8,10-11,20H,9,12-13H2,(H,19,21). The Morgan fingerprint density at radius 3 is 2.59 bits per heavy atom. The van der Waals surface area contributed by atoms with E-state index in [1.807, 2.05) is 12.1 Å². The maximum atomic E-state index is 12.2. The average molecular weight is 423 g/mol. The molecular formula is C18H18N2O4S3. The van der Waals surface area contributed by atoms with Gasteiger partial charge in [0.25, 0.3) is 15.9 Å². The number of rotatable bonds is 9. The van der Waals surface area contributed by atoms with E-state index in [0.29, 0.717) is 17.8 Å². The number of thiophene rings is 1. The molecule has 0 spiro atoms. The minimum atomic E-state index is -3.58. The first-order valence-electron chi connectivity index (χ1n) is 8.09. The van der Waals surface area contributed by atoms with Crippen LogP contribution in [0.15, 0.2) is 68.8 Å². The fourth-order valence-corrected chi connectivity index (χ4v) is 5.03. The lowest BCUT2D eigenvalue weighted by Gasteiger charge is -2.08. The SMILES string of the molecule is O=C(NCCSCc1ccco1)c1ccc(NS(=O)(=O)c2cccs2)cc1. The van der Waals surface area contributed by atoms with Crippen molar-refractivity contribution in [3.05, 3.63) is 71.5 Å². The van der Waals surface area contributed by atoms with Crippen LogP contribution >= 0.6 is 23.1 Å². The fraction of sp³-hybridized carbons (Fsp3) is 0.167. The molecule has 0 radical (unpaired) electrons. The van der Waals surface area contributed by atoms with Crippen molar-refractivity contribution in [2.75, 3.05) is 17.0 Å². The number of furan rings is 1. The van der Waals surface area contributed by atoms with Crippen molar-refractivity contribution < 1.29 is 17.6 Å². The summed E-state index contributed by atoms with van der Waals surface area (Å²) in [7, 11) is -3.58. The second-order valence-corrected chi connectivity index (χ2v) is 9.46. The van der Waals surface area contributed by atoms with Gasteiger partial charge in [-0.05, 0) is 47.8 Å². The Morgan fingerprint density at radius 2 is 1.93 bits per heavy atom. The average Bonchev–Trinajstić information content (AvgIpc) is 3.36. The van der Waals surface area contributed by atoms with Gasteiger partial charge in [0.15, 0.2) is 0 Å². The third-order valence-electron chi connectivity index (χ3n) is 3.52. The van der Waals surface area contributed by atoms with Gasteiger partial charge < -0.3 is 9.73 Å². The molecule has 6 nitrogen and oxygen atoms in total. The van der Waals surface area contributed by atoms with Gasteiger partial charge in [0.05, 0.1) is 12.0 Å². The van der Waals surface area contributed by atoms with Crippen LogP contribution in [0.3, 0.4) is 0 Å². The van der Waals surface area contributed by atoms with E-state index in [1.165, 1.54) is 0 Å². The van der Waals surface area contributed by atoms with Crippen LogP contribution in [0, 0.1) is 0 Å². The molecule has 142 valence electrons. The molecule has 1 aromatic carbocycles. The second kappa shape index (κ2) is 9.12. The minimum Gasteiger partial charge on any atom is -0.468 e. The largest absolute Gasteiger partial charge is 0.468 e. The van der Waals surface area contributed by atoms with Crippen LogP contribution in [-0.4, -0.2) is 26.6 Å². The van der Waals surface area contributed by atoms with Crippen molar-refractivity contribution in [2.24, 2.45) is 0 Å². The molecule has 3 aromatic rings. The topological polar surface area (TPSA) is 88.4 Å². The number of hydrogen-bond acceptors (Lipinski definition) is 6. The Bertz CT molecular complexity index is 951. The number of nitrogens with one attached hydrogen (secondary N) is 2. The summed E-state index contributed by atoms with van der Waals surface area (Å²) < 4.78 is 32.4. The zero-order chi connectivity index (χ0) is 19.1. The number of amides is 1. The van der Waals surface area contributed by atoms with Gasteiger partial charge in [-0.15, -0.1) is 11.3 Å². The van der Waals surface area contributed by atoms with Crippen molar-refractivity contribution >= 4 is 44.7 Å². The Labute approximate surface area is 166 Å². The lowest BCUT2D eigenvalue weighted by molar-refractivity contribution is 0.0956. The summed E-state index contributed by atoms with van der Waals surface area (Å²) >= 11 is 2.82. The van der Waals surface area contributed by atoms with Crippen LogP contribution in [0.2, 0.25) is 0 Å². The molecule has 0 atom stereocenters. The first-order valence-corrected chi connectivity index (χ1v) is 11.6. The van der Waals surface area contributed by atoms with Crippen molar-refractivity contribution in [3.63, 3.8) is 0 Å². The van der Waals surface area contributed by atoms with Crippen molar-refractivity contribution in [3.8, 4) is 0 Å². The Morgan fingerprint density at radius 1 is 1.11 bits per heavy atom. The molecule has 1 amide bonds. The van der Waals surface area contributed by atoms with Gasteiger partial charge in [-0.25, -0.2) is 8.42 Å². The Hall–Kier alpha value is -2.23. The predicted octanol–water partition coefficient (Wildman–Crippen LogP) is 3.81. The molecule has 0 fully saturated rings. The molecule has 9 heteroatoms. The maximum absolute atomic E-state index is 12.2. The third kappa shape index (κ3) is 5.62. The van der Waals surface area contributed by atoms with Crippen LogP contribution in [0.1, 0.15) is 16.1 Å². The molecule has 0 aliphatic rings. The zero-order valence-electron chi connectivity index (χ0n) is 14.3. The van der Waals surface area contributed by atoms with Gasteiger partial charge in [0.2, 0.25) is 0 Å². The monoisotopic (exact) mass is 422 g/mol. The summed E-state index contributed by atoms with van der Waals surface area (Å²) in [5.74, 6) is 2.25. The molecule has 0 aliphatic heterocycles. The van der Waals surface area contributed by atoms with Crippen LogP contribution < -0.4 is 10.0 Å². The van der Waals surface area contributed by atoms with Gasteiger partial charge in [-0.3, -0.25) is 9.52 Å². The van der Waals surface area contributed by atoms with Crippen LogP contribution in [0.25, 0.3) is 0 Å². The highest BCUT2D eigenvalue weighted by atomic mass is 32.2. The van der Waals surface area contributed by atoms with Crippen molar-refractivity contribution in [2.45, 2.75) is 9.96 Å². The highest BCUT2D eigenvalue weighted by Gasteiger charge is 2.15. The minimum absolute atomic E-state index is 0.193. The lowest BCUT2D eigenvalue weighted by Crippen LogP contribution is -2.25. The van der Waals surface area contributed by atoms with Gasteiger partial charge >= 0.3 is 0 Å². The highest BCUT2D eigenvalue weighted by Crippen LogP contribution is 2.20. The van der Waals surface area contributed by atoms with Gasteiger partial charge in [0, 0.05) is 23.5 Å². The smallest absolute Gasteiger partial charge is 0.271 e. The molecular weight excluding hydrogens is 404 g/mol. The molecule has 2 aromatic heterocycles. The van der Waals surface area contributed by atoms with Gasteiger partial charge in [0.1, 0.15) is 9.97 Å².